The van der Waals surface area contributed by atoms with Crippen LogP contribution in [0.2, 0.25) is 5.02 Å². The highest BCUT2D eigenvalue weighted by molar-refractivity contribution is 6.30. The van der Waals surface area contributed by atoms with E-state index in [1.54, 1.807) is 6.07 Å². The van der Waals surface area contributed by atoms with Gasteiger partial charge in [-0.1, -0.05) is 35.9 Å². The summed E-state index contributed by atoms with van der Waals surface area (Å²) in [5.41, 5.74) is 10.5. The van der Waals surface area contributed by atoms with Crippen LogP contribution in [0.1, 0.15) is 28.3 Å². The molecule has 0 bridgehead atoms. The number of hydrogen-bond donors (Lipinski definition) is 1. The summed E-state index contributed by atoms with van der Waals surface area (Å²) in [7, 11) is 0. The van der Waals surface area contributed by atoms with E-state index in [4.69, 9.17) is 22.1 Å². The van der Waals surface area contributed by atoms with Crippen molar-refractivity contribution < 1.29 is 9.13 Å². The molecule has 4 heteroatoms. The van der Waals surface area contributed by atoms with Crippen molar-refractivity contribution in [2.75, 3.05) is 0 Å². The van der Waals surface area contributed by atoms with Crippen LogP contribution in [0.15, 0.2) is 36.4 Å². The highest BCUT2D eigenvalue weighted by Gasteiger charge is 2.15. The van der Waals surface area contributed by atoms with Crippen LogP contribution in [-0.4, -0.2) is 0 Å². The Morgan fingerprint density at radius 2 is 1.95 bits per heavy atom. The second kappa shape index (κ2) is 5.52. The molecule has 0 spiro atoms. The molecule has 0 fully saturated rings. The van der Waals surface area contributed by atoms with Crippen molar-refractivity contribution in [2.24, 2.45) is 5.73 Å². The van der Waals surface area contributed by atoms with Gasteiger partial charge in [0.15, 0.2) is 0 Å². The van der Waals surface area contributed by atoms with Gasteiger partial charge in [0.2, 0.25) is 0 Å². The van der Waals surface area contributed by atoms with Crippen LogP contribution in [0.5, 0.6) is 0 Å². The Labute approximate surface area is 122 Å². The molecule has 1 aliphatic heterocycles. The number of halogens is 2. The maximum absolute atomic E-state index is 13.4. The Balaban J connectivity index is 1.78. The van der Waals surface area contributed by atoms with Gasteiger partial charge in [0.05, 0.1) is 18.2 Å². The van der Waals surface area contributed by atoms with Crippen LogP contribution >= 0.6 is 11.6 Å². The van der Waals surface area contributed by atoms with E-state index in [1.807, 2.05) is 12.1 Å². The predicted octanol–water partition coefficient (Wildman–Crippen LogP) is 3.75. The number of nitrogens with two attached hydrogens (primary N) is 1. The Kier molecular flexibility index (Phi) is 3.74. The molecule has 0 amide bonds. The molecule has 1 unspecified atom stereocenters. The van der Waals surface area contributed by atoms with E-state index < -0.39 is 5.82 Å². The second-order valence-corrected chi connectivity index (χ2v) is 5.49. The number of hydrogen-bond acceptors (Lipinski definition) is 2. The van der Waals surface area contributed by atoms with Gasteiger partial charge in [0, 0.05) is 6.04 Å². The van der Waals surface area contributed by atoms with Gasteiger partial charge in [0.1, 0.15) is 5.82 Å². The minimum atomic E-state index is -0.404. The lowest BCUT2D eigenvalue weighted by molar-refractivity contribution is 0.134. The van der Waals surface area contributed by atoms with Gasteiger partial charge < -0.3 is 10.5 Å². The third kappa shape index (κ3) is 2.70. The lowest BCUT2D eigenvalue weighted by Gasteiger charge is -2.13. The average molecular weight is 292 g/mol. The lowest BCUT2D eigenvalue weighted by Crippen LogP contribution is -2.13. The normalized spacial score (nSPS) is 15.2. The van der Waals surface area contributed by atoms with Crippen LogP contribution in [0.3, 0.4) is 0 Å². The summed E-state index contributed by atoms with van der Waals surface area (Å²) < 4.78 is 18.8. The van der Waals surface area contributed by atoms with Gasteiger partial charge in [-0.3, -0.25) is 0 Å². The number of benzene rings is 2. The van der Waals surface area contributed by atoms with E-state index in [1.165, 1.54) is 17.2 Å². The highest BCUT2D eigenvalue weighted by atomic mass is 35.5. The summed E-state index contributed by atoms with van der Waals surface area (Å²) in [6.07, 6.45) is 0.577. The number of rotatable bonds is 3. The third-order valence-electron chi connectivity index (χ3n) is 3.61. The minimum Gasteiger partial charge on any atom is -0.372 e. The Bertz CT molecular complexity index is 644. The van der Waals surface area contributed by atoms with Crippen LogP contribution in [0, 0.1) is 5.82 Å². The first-order valence-corrected chi connectivity index (χ1v) is 6.90. The first-order chi connectivity index (χ1) is 9.63. The molecule has 2 N–H and O–H groups in total. The van der Waals surface area contributed by atoms with Gasteiger partial charge in [0.25, 0.3) is 0 Å². The molecule has 1 heterocycles. The largest absolute Gasteiger partial charge is 0.372 e. The molecule has 2 nitrogen and oxygen atoms in total. The van der Waals surface area contributed by atoms with Crippen molar-refractivity contribution in [1.82, 2.24) is 0 Å². The average Bonchev–Trinajstić information content (AvgIpc) is 2.90. The quantitative estimate of drug-likeness (QED) is 0.935. The molecule has 0 saturated heterocycles. The third-order valence-corrected chi connectivity index (χ3v) is 3.92. The molecule has 0 radical (unpaired) electrons. The molecule has 0 saturated carbocycles. The molecule has 0 aliphatic carbocycles. The molecular weight excluding hydrogens is 277 g/mol. The molecule has 20 heavy (non-hydrogen) atoms. The molecule has 1 atom stereocenters. The Morgan fingerprint density at radius 1 is 1.15 bits per heavy atom. The zero-order valence-electron chi connectivity index (χ0n) is 10.9. The van der Waals surface area contributed by atoms with E-state index in [0.717, 1.165) is 11.1 Å². The number of fused-ring (bicyclic) bond motifs is 1. The first-order valence-electron chi connectivity index (χ1n) is 6.52. The van der Waals surface area contributed by atoms with E-state index >= 15 is 0 Å². The molecule has 2 aromatic carbocycles. The molecule has 104 valence electrons. The fraction of sp³-hybridized carbons (Fsp3) is 0.250. The standard InChI is InChI=1S/C16H15ClFNO/c17-14-4-1-10(5-15(14)18)6-16(19)11-2-3-12-8-20-9-13(12)7-11/h1-5,7,16H,6,8-9,19H2. The van der Waals surface area contributed by atoms with E-state index in [2.05, 4.69) is 12.1 Å². The monoisotopic (exact) mass is 291 g/mol. The summed E-state index contributed by atoms with van der Waals surface area (Å²) >= 11 is 5.68. The minimum absolute atomic E-state index is 0.136. The van der Waals surface area contributed by atoms with E-state index in [9.17, 15) is 4.39 Å². The molecular formula is C16H15ClFNO. The van der Waals surface area contributed by atoms with Crippen LogP contribution in [0.4, 0.5) is 4.39 Å². The van der Waals surface area contributed by atoms with Crippen LogP contribution in [0.25, 0.3) is 0 Å². The smallest absolute Gasteiger partial charge is 0.142 e. The topological polar surface area (TPSA) is 35.2 Å². The summed E-state index contributed by atoms with van der Waals surface area (Å²) in [4.78, 5) is 0. The van der Waals surface area contributed by atoms with E-state index in [-0.39, 0.29) is 11.1 Å². The fourth-order valence-electron chi connectivity index (χ4n) is 2.46. The van der Waals surface area contributed by atoms with Gasteiger partial charge in [-0.15, -0.1) is 0 Å². The summed E-state index contributed by atoms with van der Waals surface area (Å²) in [6.45, 7) is 1.32. The van der Waals surface area contributed by atoms with Crippen molar-refractivity contribution in [3.05, 3.63) is 69.5 Å². The lowest BCUT2D eigenvalue weighted by atomic mass is 9.96. The zero-order chi connectivity index (χ0) is 14.1. The van der Waals surface area contributed by atoms with Crippen molar-refractivity contribution in [3.63, 3.8) is 0 Å². The maximum Gasteiger partial charge on any atom is 0.142 e. The Hall–Kier alpha value is -1.42. The second-order valence-electron chi connectivity index (χ2n) is 5.08. The fourth-order valence-corrected chi connectivity index (χ4v) is 2.58. The molecule has 1 aliphatic rings. The highest BCUT2D eigenvalue weighted by Crippen LogP contribution is 2.25. The van der Waals surface area contributed by atoms with Gasteiger partial charge >= 0.3 is 0 Å². The Morgan fingerprint density at radius 3 is 2.75 bits per heavy atom. The van der Waals surface area contributed by atoms with Crippen LogP contribution < -0.4 is 5.73 Å². The van der Waals surface area contributed by atoms with Crippen molar-refractivity contribution in [2.45, 2.75) is 25.7 Å². The van der Waals surface area contributed by atoms with Gasteiger partial charge in [-0.25, -0.2) is 4.39 Å². The summed E-state index contributed by atoms with van der Waals surface area (Å²) in [5.74, 6) is -0.404. The van der Waals surface area contributed by atoms with Crippen molar-refractivity contribution in [3.8, 4) is 0 Å². The van der Waals surface area contributed by atoms with E-state index in [0.29, 0.717) is 19.6 Å². The zero-order valence-corrected chi connectivity index (χ0v) is 11.7. The van der Waals surface area contributed by atoms with Gasteiger partial charge in [-0.05, 0) is 40.8 Å². The van der Waals surface area contributed by atoms with Crippen molar-refractivity contribution in [1.29, 1.82) is 0 Å². The predicted molar refractivity (Wildman–Crippen MR) is 77.0 cm³/mol. The molecule has 2 aromatic rings. The van der Waals surface area contributed by atoms with Crippen LogP contribution in [-0.2, 0) is 24.4 Å². The molecule has 3 rings (SSSR count). The first kappa shape index (κ1) is 13.6. The molecule has 0 aromatic heterocycles. The summed E-state index contributed by atoms with van der Waals surface area (Å²) in [5, 5.41) is 0.136. The van der Waals surface area contributed by atoms with Crippen molar-refractivity contribution >= 4 is 11.6 Å². The number of ether oxygens (including phenoxy) is 1. The maximum atomic E-state index is 13.4. The summed E-state index contributed by atoms with van der Waals surface area (Å²) in [6, 6.07) is 10.8. The van der Waals surface area contributed by atoms with Gasteiger partial charge in [-0.2, -0.15) is 0 Å². The SMILES string of the molecule is NC(Cc1ccc(Cl)c(F)c1)c1ccc2c(c1)COC2.